The van der Waals surface area contributed by atoms with Crippen molar-refractivity contribution in [3.05, 3.63) is 18.2 Å². The molecule has 2 heterocycles. The van der Waals surface area contributed by atoms with Crippen LogP contribution in [0.1, 0.15) is 19.8 Å². The van der Waals surface area contributed by atoms with Crippen molar-refractivity contribution in [2.24, 2.45) is 0 Å². The summed E-state index contributed by atoms with van der Waals surface area (Å²) < 4.78 is 10.7. The van der Waals surface area contributed by atoms with Crippen molar-refractivity contribution in [3.8, 4) is 5.75 Å². The molecule has 2 amide bonds. The molecule has 2 aliphatic rings. The van der Waals surface area contributed by atoms with Crippen LogP contribution >= 0.6 is 0 Å². The van der Waals surface area contributed by atoms with E-state index >= 15 is 0 Å². The van der Waals surface area contributed by atoms with Crippen LogP contribution in [0.15, 0.2) is 18.2 Å². The topological polar surface area (TPSA) is 71.1 Å². The summed E-state index contributed by atoms with van der Waals surface area (Å²) in [4.78, 5) is 28.2. The van der Waals surface area contributed by atoms with Crippen LogP contribution in [0.2, 0.25) is 0 Å². The van der Waals surface area contributed by atoms with Crippen LogP contribution in [0.3, 0.4) is 0 Å². The average molecular weight is 347 g/mol. The summed E-state index contributed by atoms with van der Waals surface area (Å²) in [6, 6.07) is 5.22. The van der Waals surface area contributed by atoms with Gasteiger partial charge in [-0.25, -0.2) is 0 Å². The highest BCUT2D eigenvalue weighted by molar-refractivity contribution is 5.97. The largest absolute Gasteiger partial charge is 0.495 e. The molecule has 0 radical (unpaired) electrons. The molecular weight excluding hydrogens is 322 g/mol. The van der Waals surface area contributed by atoms with Crippen molar-refractivity contribution < 1.29 is 19.1 Å². The quantitative estimate of drug-likeness (QED) is 0.874. The Morgan fingerprint density at radius 3 is 2.68 bits per heavy atom. The van der Waals surface area contributed by atoms with Gasteiger partial charge >= 0.3 is 0 Å². The van der Waals surface area contributed by atoms with Gasteiger partial charge in [-0.15, -0.1) is 0 Å². The Balaban J connectivity index is 1.73. The number of hydrogen-bond acceptors (Lipinski definition) is 5. The van der Waals surface area contributed by atoms with Crippen molar-refractivity contribution in [2.45, 2.75) is 25.8 Å². The first kappa shape index (κ1) is 17.5. The number of morpholine rings is 1. The van der Waals surface area contributed by atoms with Gasteiger partial charge in [0.25, 0.3) is 0 Å². The molecule has 1 aromatic rings. The average Bonchev–Trinajstić information content (AvgIpc) is 3.07. The summed E-state index contributed by atoms with van der Waals surface area (Å²) in [6.07, 6.45) is 1.41. The van der Waals surface area contributed by atoms with E-state index in [9.17, 15) is 9.59 Å². The van der Waals surface area contributed by atoms with Crippen LogP contribution in [0, 0.1) is 0 Å². The van der Waals surface area contributed by atoms with Crippen LogP contribution in [-0.2, 0) is 14.3 Å². The maximum absolute atomic E-state index is 12.5. The second kappa shape index (κ2) is 7.74. The highest BCUT2D eigenvalue weighted by atomic mass is 16.5. The van der Waals surface area contributed by atoms with E-state index in [1.807, 2.05) is 30.0 Å². The third-order valence-corrected chi connectivity index (χ3v) is 4.62. The lowest BCUT2D eigenvalue weighted by Gasteiger charge is -2.30. The number of carbonyl (C=O) groups is 2. The van der Waals surface area contributed by atoms with Crippen LogP contribution in [0.25, 0.3) is 0 Å². The van der Waals surface area contributed by atoms with Crippen LogP contribution in [0.4, 0.5) is 11.4 Å². The summed E-state index contributed by atoms with van der Waals surface area (Å²) in [7, 11) is 1.59. The maximum atomic E-state index is 12.5. The normalized spacial score (nSPS) is 19.0. The Morgan fingerprint density at radius 1 is 1.28 bits per heavy atom. The van der Waals surface area contributed by atoms with Crippen molar-refractivity contribution in [1.29, 1.82) is 0 Å². The molecule has 2 fully saturated rings. The standard InChI is InChI=1S/C18H25N3O4/c1-13(18(23)20-8-10-25-11-9-20)19-14-5-6-16(24-2)15(12-14)21-7-3-4-17(21)22/h5-6,12-13,19H,3-4,7-11H2,1-2H3/t13-/m0/s1. The number of hydrogen-bond donors (Lipinski definition) is 1. The molecule has 3 rings (SSSR count). The molecule has 136 valence electrons. The van der Waals surface area contributed by atoms with Crippen molar-refractivity contribution in [1.82, 2.24) is 4.90 Å². The number of rotatable bonds is 5. The SMILES string of the molecule is COc1ccc(N[C@@H](C)C(=O)N2CCOCC2)cc1N1CCCC1=O. The minimum absolute atomic E-state index is 0.0536. The lowest BCUT2D eigenvalue weighted by atomic mass is 10.2. The molecule has 1 N–H and O–H groups in total. The van der Waals surface area contributed by atoms with Gasteiger partial charge in [-0.05, 0) is 31.5 Å². The monoisotopic (exact) mass is 347 g/mol. The summed E-state index contributed by atoms with van der Waals surface area (Å²) in [5, 5.41) is 3.24. The van der Waals surface area contributed by atoms with Crippen LogP contribution in [-0.4, -0.2) is 62.7 Å². The van der Waals surface area contributed by atoms with Gasteiger partial charge in [0, 0.05) is 31.7 Å². The van der Waals surface area contributed by atoms with Gasteiger partial charge in [-0.2, -0.15) is 0 Å². The fourth-order valence-corrected chi connectivity index (χ4v) is 3.26. The molecule has 7 nitrogen and oxygen atoms in total. The zero-order chi connectivity index (χ0) is 17.8. The highest BCUT2D eigenvalue weighted by Gasteiger charge is 2.26. The lowest BCUT2D eigenvalue weighted by Crippen LogP contribution is -2.47. The fourth-order valence-electron chi connectivity index (χ4n) is 3.26. The van der Waals surface area contributed by atoms with E-state index in [0.717, 1.165) is 17.8 Å². The van der Waals surface area contributed by atoms with E-state index in [-0.39, 0.29) is 17.9 Å². The third-order valence-electron chi connectivity index (χ3n) is 4.62. The van der Waals surface area contributed by atoms with Gasteiger partial charge in [-0.3, -0.25) is 9.59 Å². The number of amides is 2. The van der Waals surface area contributed by atoms with Crippen molar-refractivity contribution >= 4 is 23.2 Å². The number of anilines is 2. The van der Waals surface area contributed by atoms with E-state index in [1.165, 1.54) is 0 Å². The van der Waals surface area contributed by atoms with E-state index in [1.54, 1.807) is 12.0 Å². The third kappa shape index (κ3) is 3.87. The molecule has 0 bridgehead atoms. The second-order valence-electron chi connectivity index (χ2n) is 6.34. The summed E-state index contributed by atoms with van der Waals surface area (Å²) >= 11 is 0. The van der Waals surface area contributed by atoms with Gasteiger partial charge in [0.15, 0.2) is 0 Å². The van der Waals surface area contributed by atoms with Crippen molar-refractivity contribution in [2.75, 3.05) is 50.2 Å². The summed E-state index contributed by atoms with van der Waals surface area (Å²) in [5.74, 6) is 0.818. The van der Waals surface area contributed by atoms with Gasteiger partial charge in [0.2, 0.25) is 11.8 Å². The summed E-state index contributed by atoms with van der Waals surface area (Å²) in [5.41, 5.74) is 1.55. The van der Waals surface area contributed by atoms with Crippen LogP contribution in [0.5, 0.6) is 5.75 Å². The Bertz CT molecular complexity index is 643. The molecule has 0 saturated carbocycles. The van der Waals surface area contributed by atoms with Crippen molar-refractivity contribution in [3.63, 3.8) is 0 Å². The minimum Gasteiger partial charge on any atom is -0.495 e. The molecule has 0 unspecified atom stereocenters. The first-order valence-corrected chi connectivity index (χ1v) is 8.71. The first-order chi connectivity index (χ1) is 12.1. The molecule has 2 aliphatic heterocycles. The van der Waals surface area contributed by atoms with Gasteiger partial charge in [0.05, 0.1) is 26.0 Å². The smallest absolute Gasteiger partial charge is 0.244 e. The molecule has 25 heavy (non-hydrogen) atoms. The number of nitrogens with one attached hydrogen (secondary N) is 1. The Labute approximate surface area is 147 Å². The second-order valence-corrected chi connectivity index (χ2v) is 6.34. The van der Waals surface area contributed by atoms with Crippen LogP contribution < -0.4 is 15.0 Å². The maximum Gasteiger partial charge on any atom is 0.244 e. The Kier molecular flexibility index (Phi) is 5.43. The van der Waals surface area contributed by atoms with Gasteiger partial charge in [-0.1, -0.05) is 0 Å². The zero-order valence-corrected chi connectivity index (χ0v) is 14.8. The lowest BCUT2D eigenvalue weighted by molar-refractivity contribution is -0.135. The number of benzene rings is 1. The minimum atomic E-state index is -0.353. The molecule has 1 atom stereocenters. The van der Waals surface area contributed by atoms with E-state index in [4.69, 9.17) is 9.47 Å². The van der Waals surface area contributed by atoms with Gasteiger partial charge < -0.3 is 24.6 Å². The Hall–Kier alpha value is -2.28. The zero-order valence-electron chi connectivity index (χ0n) is 14.8. The predicted molar refractivity (Wildman–Crippen MR) is 95.1 cm³/mol. The number of carbonyl (C=O) groups excluding carboxylic acids is 2. The highest BCUT2D eigenvalue weighted by Crippen LogP contribution is 2.34. The molecule has 0 spiro atoms. The van der Waals surface area contributed by atoms with E-state index in [2.05, 4.69) is 5.32 Å². The fraction of sp³-hybridized carbons (Fsp3) is 0.556. The number of methoxy groups -OCH3 is 1. The Morgan fingerprint density at radius 2 is 2.04 bits per heavy atom. The predicted octanol–water partition coefficient (Wildman–Crippen LogP) is 1.48. The van der Waals surface area contributed by atoms with E-state index in [0.29, 0.717) is 45.0 Å². The van der Waals surface area contributed by atoms with Gasteiger partial charge in [0.1, 0.15) is 11.8 Å². The molecular formula is C18H25N3O4. The first-order valence-electron chi connectivity index (χ1n) is 8.71. The number of nitrogens with zero attached hydrogens (tertiary/aromatic N) is 2. The molecule has 1 aromatic carbocycles. The molecule has 0 aromatic heterocycles. The molecule has 0 aliphatic carbocycles. The van der Waals surface area contributed by atoms with E-state index < -0.39 is 0 Å². The molecule has 2 saturated heterocycles. The summed E-state index contributed by atoms with van der Waals surface area (Å²) in [6.45, 7) is 4.97. The molecule has 7 heteroatoms. The number of ether oxygens (including phenoxy) is 2.